The summed E-state index contributed by atoms with van der Waals surface area (Å²) in [6.45, 7) is 4.97. The monoisotopic (exact) mass is 194 g/mol. The van der Waals surface area contributed by atoms with Gasteiger partial charge in [0.1, 0.15) is 0 Å². The average Bonchev–Trinajstić information content (AvgIpc) is 2.01. The first kappa shape index (κ1) is 11.9. The van der Waals surface area contributed by atoms with Crippen molar-refractivity contribution in [2.45, 2.75) is 33.1 Å². The Bertz CT molecular complexity index is 190. The van der Waals surface area contributed by atoms with E-state index in [0.29, 0.717) is 13.1 Å². The lowest BCUT2D eigenvalue weighted by Crippen LogP contribution is -2.37. The summed E-state index contributed by atoms with van der Waals surface area (Å²) >= 11 is 0. The van der Waals surface area contributed by atoms with E-state index < -0.39 is 10.2 Å². The highest BCUT2D eigenvalue weighted by atomic mass is 32.2. The van der Waals surface area contributed by atoms with E-state index in [1.165, 1.54) is 0 Å². The van der Waals surface area contributed by atoms with Gasteiger partial charge in [-0.15, -0.1) is 0 Å². The third kappa shape index (κ3) is 6.57. The van der Waals surface area contributed by atoms with Crippen molar-refractivity contribution in [2.24, 2.45) is 0 Å². The van der Waals surface area contributed by atoms with Gasteiger partial charge in [0.25, 0.3) is 10.2 Å². The van der Waals surface area contributed by atoms with Gasteiger partial charge in [-0.05, 0) is 12.8 Å². The molecule has 0 bridgehead atoms. The Hall–Kier alpha value is -0.130. The normalized spacial score (nSPS) is 11.8. The highest BCUT2D eigenvalue weighted by Gasteiger charge is 2.05. The van der Waals surface area contributed by atoms with Crippen LogP contribution in [0, 0.1) is 0 Å². The largest absolute Gasteiger partial charge is 0.276 e. The lowest BCUT2D eigenvalue weighted by molar-refractivity contribution is 0.563. The minimum Gasteiger partial charge on any atom is -0.202 e. The highest BCUT2D eigenvalue weighted by molar-refractivity contribution is 7.87. The van der Waals surface area contributed by atoms with E-state index in [1.54, 1.807) is 0 Å². The van der Waals surface area contributed by atoms with E-state index >= 15 is 0 Å². The minimum atomic E-state index is -3.22. The molecular formula is C7H18N2O2S. The van der Waals surface area contributed by atoms with Crippen molar-refractivity contribution in [2.75, 3.05) is 13.1 Å². The molecule has 0 unspecified atom stereocenters. The quantitative estimate of drug-likeness (QED) is 0.584. The summed E-state index contributed by atoms with van der Waals surface area (Å²) in [5.41, 5.74) is 0. The van der Waals surface area contributed by atoms with Crippen LogP contribution in [0.5, 0.6) is 0 Å². The van der Waals surface area contributed by atoms with Crippen molar-refractivity contribution >= 4 is 10.2 Å². The van der Waals surface area contributed by atoms with Gasteiger partial charge >= 0.3 is 0 Å². The Morgan fingerprint density at radius 1 is 1.00 bits per heavy atom. The van der Waals surface area contributed by atoms with Crippen molar-refractivity contribution in [3.8, 4) is 0 Å². The van der Waals surface area contributed by atoms with Gasteiger partial charge in [0.05, 0.1) is 0 Å². The second-order valence-corrected chi connectivity index (χ2v) is 4.23. The van der Waals surface area contributed by atoms with Crippen LogP contribution in [0.4, 0.5) is 0 Å². The Labute approximate surface area is 74.9 Å². The van der Waals surface area contributed by atoms with Gasteiger partial charge in [-0.1, -0.05) is 20.3 Å². The molecule has 0 aromatic carbocycles. The molecule has 0 aromatic heterocycles. The predicted molar refractivity (Wildman–Crippen MR) is 50.1 cm³/mol. The highest BCUT2D eigenvalue weighted by Crippen LogP contribution is 1.85. The summed E-state index contributed by atoms with van der Waals surface area (Å²) in [6, 6.07) is 0. The zero-order valence-corrected chi connectivity index (χ0v) is 8.58. The lowest BCUT2D eigenvalue weighted by atomic mass is 10.3. The first-order valence-corrected chi connectivity index (χ1v) is 5.85. The molecule has 0 fully saturated rings. The summed E-state index contributed by atoms with van der Waals surface area (Å²) < 4.78 is 27.0. The van der Waals surface area contributed by atoms with Crippen LogP contribution in [-0.4, -0.2) is 21.5 Å². The van der Waals surface area contributed by atoms with Crippen molar-refractivity contribution in [1.82, 2.24) is 9.44 Å². The first-order chi connectivity index (χ1) is 5.62. The molecule has 0 rings (SSSR count). The number of rotatable bonds is 7. The summed E-state index contributed by atoms with van der Waals surface area (Å²) in [5, 5.41) is 0. The van der Waals surface area contributed by atoms with E-state index in [9.17, 15) is 8.42 Å². The van der Waals surface area contributed by atoms with Crippen LogP contribution in [0.2, 0.25) is 0 Å². The molecule has 0 aliphatic carbocycles. The van der Waals surface area contributed by atoms with Gasteiger partial charge < -0.3 is 0 Å². The van der Waals surface area contributed by atoms with Crippen LogP contribution < -0.4 is 9.44 Å². The summed E-state index contributed by atoms with van der Waals surface area (Å²) in [7, 11) is -3.22. The summed E-state index contributed by atoms with van der Waals surface area (Å²) in [6.07, 6.45) is 2.69. The van der Waals surface area contributed by atoms with E-state index in [4.69, 9.17) is 0 Å². The summed E-state index contributed by atoms with van der Waals surface area (Å²) in [5.74, 6) is 0. The Morgan fingerprint density at radius 3 is 2.08 bits per heavy atom. The molecular weight excluding hydrogens is 176 g/mol. The number of hydrogen-bond acceptors (Lipinski definition) is 2. The van der Waals surface area contributed by atoms with Gasteiger partial charge in [-0.25, -0.2) is 9.44 Å². The zero-order chi connectivity index (χ0) is 9.45. The van der Waals surface area contributed by atoms with Crippen molar-refractivity contribution in [3.63, 3.8) is 0 Å². The minimum absolute atomic E-state index is 0.501. The topological polar surface area (TPSA) is 58.2 Å². The molecule has 5 heteroatoms. The smallest absolute Gasteiger partial charge is 0.202 e. The second-order valence-electron chi connectivity index (χ2n) is 2.65. The van der Waals surface area contributed by atoms with Crippen molar-refractivity contribution < 1.29 is 8.42 Å². The molecule has 0 atom stereocenters. The molecule has 0 saturated carbocycles. The third-order valence-corrected chi connectivity index (χ3v) is 2.53. The molecule has 0 aliphatic heterocycles. The maximum Gasteiger partial charge on any atom is 0.276 e. The molecule has 0 spiro atoms. The summed E-state index contributed by atoms with van der Waals surface area (Å²) in [4.78, 5) is 0. The van der Waals surface area contributed by atoms with Crippen molar-refractivity contribution in [1.29, 1.82) is 0 Å². The van der Waals surface area contributed by atoms with E-state index in [-0.39, 0.29) is 0 Å². The number of hydrogen-bond donors (Lipinski definition) is 2. The molecule has 74 valence electrons. The van der Waals surface area contributed by atoms with Crippen molar-refractivity contribution in [3.05, 3.63) is 0 Å². The van der Waals surface area contributed by atoms with E-state index in [2.05, 4.69) is 9.44 Å². The van der Waals surface area contributed by atoms with Crippen LogP contribution >= 0.6 is 0 Å². The fourth-order valence-electron chi connectivity index (χ4n) is 0.671. The molecule has 12 heavy (non-hydrogen) atoms. The number of nitrogens with one attached hydrogen (secondary N) is 2. The predicted octanol–water partition coefficient (Wildman–Crippen LogP) is 0.620. The van der Waals surface area contributed by atoms with E-state index in [0.717, 1.165) is 19.3 Å². The molecule has 2 N–H and O–H groups in total. The van der Waals surface area contributed by atoms with Crippen LogP contribution in [-0.2, 0) is 10.2 Å². The Morgan fingerprint density at radius 2 is 1.58 bits per heavy atom. The molecule has 0 saturated heterocycles. The second kappa shape index (κ2) is 6.39. The van der Waals surface area contributed by atoms with Crippen LogP contribution in [0.15, 0.2) is 0 Å². The average molecular weight is 194 g/mol. The van der Waals surface area contributed by atoms with E-state index in [1.807, 2.05) is 13.8 Å². The van der Waals surface area contributed by atoms with Crippen LogP contribution in [0.3, 0.4) is 0 Å². The molecule has 0 amide bonds. The van der Waals surface area contributed by atoms with Gasteiger partial charge in [0, 0.05) is 13.1 Å². The van der Waals surface area contributed by atoms with Gasteiger partial charge in [-0.2, -0.15) is 8.42 Å². The molecule has 0 radical (unpaired) electrons. The lowest BCUT2D eigenvalue weighted by Gasteiger charge is -2.05. The van der Waals surface area contributed by atoms with Crippen LogP contribution in [0.1, 0.15) is 33.1 Å². The first-order valence-electron chi connectivity index (χ1n) is 4.36. The molecule has 4 nitrogen and oxygen atoms in total. The zero-order valence-electron chi connectivity index (χ0n) is 7.76. The van der Waals surface area contributed by atoms with Gasteiger partial charge in [0.15, 0.2) is 0 Å². The Kier molecular flexibility index (Phi) is 6.32. The maximum absolute atomic E-state index is 11.0. The molecule has 0 aliphatic rings. The third-order valence-electron chi connectivity index (χ3n) is 1.36. The SMILES string of the molecule is CCCCNS(=O)(=O)NCCC. The molecule has 0 heterocycles. The molecule has 0 aromatic rings. The van der Waals surface area contributed by atoms with Gasteiger partial charge in [0.2, 0.25) is 0 Å². The van der Waals surface area contributed by atoms with Gasteiger partial charge in [-0.3, -0.25) is 0 Å². The van der Waals surface area contributed by atoms with Crippen LogP contribution in [0.25, 0.3) is 0 Å². The maximum atomic E-state index is 11.0. The Balaban J connectivity index is 3.58. The number of unbranched alkanes of at least 4 members (excludes halogenated alkanes) is 1. The fraction of sp³-hybridized carbons (Fsp3) is 1.00. The fourth-order valence-corrected chi connectivity index (χ4v) is 1.66. The standard InChI is InChI=1S/C7H18N2O2S/c1-3-5-7-9-12(10,11)8-6-4-2/h8-9H,3-7H2,1-2H3.